The molecule has 0 aliphatic heterocycles. The second-order valence-electron chi connectivity index (χ2n) is 6.81. The average Bonchev–Trinajstić information content (AvgIpc) is 3.10. The van der Waals surface area contributed by atoms with Gasteiger partial charge in [-0.15, -0.1) is 0 Å². The van der Waals surface area contributed by atoms with Gasteiger partial charge < -0.3 is 10.6 Å². The summed E-state index contributed by atoms with van der Waals surface area (Å²) >= 11 is 5.94. The van der Waals surface area contributed by atoms with Crippen LogP contribution in [0.25, 0.3) is 5.69 Å². The molecule has 29 heavy (non-hydrogen) atoms. The van der Waals surface area contributed by atoms with E-state index in [1.807, 2.05) is 32.9 Å². The number of hydrogen-bond acceptors (Lipinski definition) is 3. The molecule has 0 saturated carbocycles. The van der Waals surface area contributed by atoms with Gasteiger partial charge >= 0.3 is 0 Å². The molecule has 6 nitrogen and oxygen atoms in total. The SMILES string of the molecule is CC[C@@H](C)NC(=O)c1ccccc1NC(=O)c1cnn(-c2ccc(Cl)cc2)c1C. The molecule has 0 aliphatic rings. The number of anilines is 1. The standard InChI is InChI=1S/C22H23ClN4O2/c1-4-14(2)25-21(28)18-7-5-6-8-20(18)26-22(29)19-13-24-27(15(19)3)17-11-9-16(23)10-12-17/h5-14H,4H2,1-3H3,(H,25,28)(H,26,29)/t14-/m1/s1. The summed E-state index contributed by atoms with van der Waals surface area (Å²) in [7, 11) is 0. The third-order valence-corrected chi connectivity index (χ3v) is 4.99. The number of para-hydroxylation sites is 1. The number of aromatic nitrogens is 2. The summed E-state index contributed by atoms with van der Waals surface area (Å²) in [6, 6.07) is 14.2. The van der Waals surface area contributed by atoms with Crippen LogP contribution in [0.4, 0.5) is 5.69 Å². The highest BCUT2D eigenvalue weighted by Crippen LogP contribution is 2.20. The molecule has 1 atom stereocenters. The van der Waals surface area contributed by atoms with Crippen LogP contribution in [0.3, 0.4) is 0 Å². The first-order valence-electron chi connectivity index (χ1n) is 9.42. The lowest BCUT2D eigenvalue weighted by atomic mass is 10.1. The maximum absolute atomic E-state index is 12.9. The zero-order chi connectivity index (χ0) is 21.0. The molecule has 1 aromatic heterocycles. The van der Waals surface area contributed by atoms with Crippen LogP contribution in [0.5, 0.6) is 0 Å². The Hall–Kier alpha value is -3.12. The number of carbonyl (C=O) groups is 2. The molecule has 3 aromatic rings. The van der Waals surface area contributed by atoms with E-state index in [1.165, 1.54) is 6.20 Å². The molecular formula is C22H23ClN4O2. The third-order valence-electron chi connectivity index (χ3n) is 4.74. The molecule has 3 rings (SSSR count). The summed E-state index contributed by atoms with van der Waals surface area (Å²) < 4.78 is 1.67. The first kappa shape index (κ1) is 20.6. The van der Waals surface area contributed by atoms with Crippen molar-refractivity contribution in [2.24, 2.45) is 0 Å². The number of carbonyl (C=O) groups excluding carboxylic acids is 2. The van der Waals surface area contributed by atoms with Gasteiger partial charge in [-0.2, -0.15) is 5.10 Å². The van der Waals surface area contributed by atoms with E-state index in [-0.39, 0.29) is 17.9 Å². The normalized spacial score (nSPS) is 11.7. The minimum atomic E-state index is -0.327. The van der Waals surface area contributed by atoms with Gasteiger partial charge in [-0.3, -0.25) is 9.59 Å². The second kappa shape index (κ2) is 8.92. The summed E-state index contributed by atoms with van der Waals surface area (Å²) in [5, 5.41) is 10.7. The number of hydrogen-bond donors (Lipinski definition) is 2. The van der Waals surface area contributed by atoms with Crippen molar-refractivity contribution in [3.63, 3.8) is 0 Å². The lowest BCUT2D eigenvalue weighted by molar-refractivity contribution is 0.0940. The summed E-state index contributed by atoms with van der Waals surface area (Å²) in [4.78, 5) is 25.4. The van der Waals surface area contributed by atoms with Crippen LogP contribution in [0.2, 0.25) is 5.02 Å². The summed E-state index contributed by atoms with van der Waals surface area (Å²) in [5.74, 6) is -0.546. The van der Waals surface area contributed by atoms with E-state index in [0.29, 0.717) is 27.5 Å². The van der Waals surface area contributed by atoms with E-state index >= 15 is 0 Å². The fraction of sp³-hybridized carbons (Fsp3) is 0.227. The van der Waals surface area contributed by atoms with Crippen molar-refractivity contribution in [1.29, 1.82) is 0 Å². The molecule has 0 fully saturated rings. The molecule has 0 aliphatic carbocycles. The Morgan fingerprint density at radius 1 is 1.07 bits per heavy atom. The smallest absolute Gasteiger partial charge is 0.259 e. The lowest BCUT2D eigenvalue weighted by Crippen LogP contribution is -2.32. The fourth-order valence-electron chi connectivity index (χ4n) is 2.86. The molecule has 7 heteroatoms. The molecule has 0 saturated heterocycles. The van der Waals surface area contributed by atoms with E-state index in [1.54, 1.807) is 41.1 Å². The summed E-state index contributed by atoms with van der Waals surface area (Å²) in [6.45, 7) is 5.76. The molecule has 2 amide bonds. The Morgan fingerprint density at radius 3 is 2.45 bits per heavy atom. The number of nitrogens with one attached hydrogen (secondary N) is 2. The van der Waals surface area contributed by atoms with Gasteiger partial charge in [0.1, 0.15) is 0 Å². The van der Waals surface area contributed by atoms with Crippen LogP contribution in [0.15, 0.2) is 54.7 Å². The highest BCUT2D eigenvalue weighted by Gasteiger charge is 2.19. The van der Waals surface area contributed by atoms with E-state index < -0.39 is 0 Å². The van der Waals surface area contributed by atoms with Crippen molar-refractivity contribution in [2.45, 2.75) is 33.2 Å². The van der Waals surface area contributed by atoms with E-state index in [4.69, 9.17) is 11.6 Å². The first-order chi connectivity index (χ1) is 13.9. The van der Waals surface area contributed by atoms with E-state index in [9.17, 15) is 9.59 Å². The zero-order valence-corrected chi connectivity index (χ0v) is 17.3. The molecule has 2 aromatic carbocycles. The molecule has 0 bridgehead atoms. The fourth-order valence-corrected chi connectivity index (χ4v) is 2.98. The van der Waals surface area contributed by atoms with Crippen molar-refractivity contribution in [2.75, 3.05) is 5.32 Å². The van der Waals surface area contributed by atoms with Crippen LogP contribution in [0.1, 0.15) is 46.7 Å². The quantitative estimate of drug-likeness (QED) is 0.622. The molecule has 1 heterocycles. The number of halogens is 1. The number of amides is 2. The summed E-state index contributed by atoms with van der Waals surface area (Å²) in [5.41, 5.74) is 2.79. The lowest BCUT2D eigenvalue weighted by Gasteiger charge is -2.14. The van der Waals surface area contributed by atoms with Crippen molar-refractivity contribution in [3.05, 3.63) is 76.6 Å². The Bertz CT molecular complexity index is 1030. The maximum atomic E-state index is 12.9. The summed E-state index contributed by atoms with van der Waals surface area (Å²) in [6.07, 6.45) is 2.34. The molecule has 0 spiro atoms. The van der Waals surface area contributed by atoms with Crippen molar-refractivity contribution < 1.29 is 9.59 Å². The molecule has 0 radical (unpaired) electrons. The third kappa shape index (κ3) is 4.66. The van der Waals surface area contributed by atoms with Gasteiger partial charge in [0.25, 0.3) is 11.8 Å². The van der Waals surface area contributed by atoms with Gasteiger partial charge in [0.05, 0.1) is 34.4 Å². The van der Waals surface area contributed by atoms with Crippen molar-refractivity contribution in [3.8, 4) is 5.69 Å². The Labute approximate surface area is 174 Å². The van der Waals surface area contributed by atoms with Gasteiger partial charge in [-0.25, -0.2) is 4.68 Å². The van der Waals surface area contributed by atoms with Gasteiger partial charge in [0, 0.05) is 11.1 Å². The monoisotopic (exact) mass is 410 g/mol. The predicted octanol–water partition coefficient (Wildman–Crippen LogP) is 4.61. The first-order valence-corrected chi connectivity index (χ1v) is 9.80. The molecule has 150 valence electrons. The van der Waals surface area contributed by atoms with Crippen LogP contribution < -0.4 is 10.6 Å². The Kier molecular flexibility index (Phi) is 6.34. The second-order valence-corrected chi connectivity index (χ2v) is 7.25. The van der Waals surface area contributed by atoms with Gasteiger partial charge in [-0.05, 0) is 56.7 Å². The highest BCUT2D eigenvalue weighted by atomic mass is 35.5. The minimum Gasteiger partial charge on any atom is -0.350 e. The maximum Gasteiger partial charge on any atom is 0.259 e. The minimum absolute atomic E-state index is 0.0473. The molecule has 2 N–H and O–H groups in total. The number of rotatable bonds is 6. The van der Waals surface area contributed by atoms with E-state index in [2.05, 4.69) is 15.7 Å². The molecule has 0 unspecified atom stereocenters. The van der Waals surface area contributed by atoms with Crippen molar-refractivity contribution >= 4 is 29.1 Å². The van der Waals surface area contributed by atoms with Crippen LogP contribution in [-0.2, 0) is 0 Å². The van der Waals surface area contributed by atoms with Crippen molar-refractivity contribution in [1.82, 2.24) is 15.1 Å². The Morgan fingerprint density at radius 2 is 1.76 bits per heavy atom. The topological polar surface area (TPSA) is 76.0 Å². The largest absolute Gasteiger partial charge is 0.350 e. The van der Waals surface area contributed by atoms with Crippen LogP contribution >= 0.6 is 11.6 Å². The predicted molar refractivity (Wildman–Crippen MR) is 115 cm³/mol. The average molecular weight is 411 g/mol. The molecular weight excluding hydrogens is 388 g/mol. The number of nitrogens with zero attached hydrogens (tertiary/aromatic N) is 2. The van der Waals surface area contributed by atoms with Gasteiger partial charge in [0.2, 0.25) is 0 Å². The Balaban J connectivity index is 1.83. The van der Waals surface area contributed by atoms with Gasteiger partial charge in [0.15, 0.2) is 0 Å². The van der Waals surface area contributed by atoms with Gasteiger partial charge in [-0.1, -0.05) is 30.7 Å². The van der Waals surface area contributed by atoms with E-state index in [0.717, 1.165) is 12.1 Å². The number of benzene rings is 2. The van der Waals surface area contributed by atoms with Crippen LogP contribution in [-0.4, -0.2) is 27.6 Å². The van der Waals surface area contributed by atoms with Crippen LogP contribution in [0, 0.1) is 6.92 Å². The highest BCUT2D eigenvalue weighted by molar-refractivity contribution is 6.30. The zero-order valence-electron chi connectivity index (χ0n) is 16.6.